The fourth-order valence-electron chi connectivity index (χ4n) is 4.28. The Labute approximate surface area is 206 Å². The number of amides is 1. The highest BCUT2D eigenvalue weighted by Crippen LogP contribution is 2.26. The van der Waals surface area contributed by atoms with Crippen molar-refractivity contribution in [1.82, 2.24) is 24.6 Å². The summed E-state index contributed by atoms with van der Waals surface area (Å²) in [6.45, 7) is 8.86. The van der Waals surface area contributed by atoms with Crippen molar-refractivity contribution in [2.45, 2.75) is 64.1 Å². The topological polar surface area (TPSA) is 106 Å². The third-order valence-corrected chi connectivity index (χ3v) is 7.95. The first-order valence-electron chi connectivity index (χ1n) is 12.0. The standard InChI is InChI=1S/C25H33N5O4S/c1-17(2)30-24-12-11-22(14-23(24)27-28-30)35(32,33)29-13-5-6-20(16-29)25(31)26-15-19-7-9-21(10-8-19)34-18(3)4/h7-12,14,17-18,20H,5-6,13,15-16H2,1-4H3,(H,26,31). The number of hydrogen-bond donors (Lipinski definition) is 1. The van der Waals surface area contributed by atoms with E-state index in [0.29, 0.717) is 31.4 Å². The molecular weight excluding hydrogens is 466 g/mol. The zero-order valence-corrected chi connectivity index (χ0v) is 21.5. The molecule has 2 aromatic carbocycles. The quantitative estimate of drug-likeness (QED) is 0.508. The Morgan fingerprint density at radius 1 is 1.14 bits per heavy atom. The highest BCUT2D eigenvalue weighted by atomic mass is 32.2. The van der Waals surface area contributed by atoms with Gasteiger partial charge in [-0.05, 0) is 76.4 Å². The lowest BCUT2D eigenvalue weighted by molar-refractivity contribution is -0.126. The van der Waals surface area contributed by atoms with Gasteiger partial charge in [-0.15, -0.1) is 5.10 Å². The van der Waals surface area contributed by atoms with E-state index in [2.05, 4.69) is 15.6 Å². The first-order chi connectivity index (χ1) is 16.6. The molecule has 9 nitrogen and oxygen atoms in total. The number of carbonyl (C=O) groups is 1. The zero-order chi connectivity index (χ0) is 25.2. The number of ether oxygens (including phenoxy) is 1. The minimum atomic E-state index is -3.75. The van der Waals surface area contributed by atoms with Crippen molar-refractivity contribution in [3.8, 4) is 5.75 Å². The summed E-state index contributed by atoms with van der Waals surface area (Å²) in [5.41, 5.74) is 2.28. The molecule has 1 N–H and O–H groups in total. The number of hydrogen-bond acceptors (Lipinski definition) is 6. The van der Waals surface area contributed by atoms with Gasteiger partial charge < -0.3 is 10.1 Å². The largest absolute Gasteiger partial charge is 0.491 e. The minimum absolute atomic E-state index is 0.0991. The molecule has 1 fully saturated rings. The normalized spacial score (nSPS) is 17.3. The Morgan fingerprint density at radius 3 is 2.57 bits per heavy atom. The summed E-state index contributed by atoms with van der Waals surface area (Å²) in [5, 5.41) is 11.2. The molecule has 188 valence electrons. The number of rotatable bonds is 8. The first-order valence-corrected chi connectivity index (χ1v) is 13.5. The van der Waals surface area contributed by atoms with Crippen molar-refractivity contribution >= 4 is 27.0 Å². The molecule has 1 saturated heterocycles. The molecule has 3 aromatic rings. The molecule has 1 aromatic heterocycles. The molecule has 0 spiro atoms. The van der Waals surface area contributed by atoms with Crippen molar-refractivity contribution < 1.29 is 17.9 Å². The van der Waals surface area contributed by atoms with E-state index in [0.717, 1.165) is 16.8 Å². The summed E-state index contributed by atoms with van der Waals surface area (Å²) in [7, 11) is -3.75. The average molecular weight is 500 g/mol. The van der Waals surface area contributed by atoms with Gasteiger partial charge in [0.2, 0.25) is 15.9 Å². The molecule has 10 heteroatoms. The van der Waals surface area contributed by atoms with Crippen LogP contribution in [0.5, 0.6) is 5.75 Å². The molecule has 1 atom stereocenters. The van der Waals surface area contributed by atoms with Gasteiger partial charge in [0, 0.05) is 25.7 Å². The van der Waals surface area contributed by atoms with Gasteiger partial charge in [-0.25, -0.2) is 13.1 Å². The minimum Gasteiger partial charge on any atom is -0.491 e. The molecule has 1 amide bonds. The van der Waals surface area contributed by atoms with Crippen LogP contribution in [0.4, 0.5) is 0 Å². The Hall–Kier alpha value is -2.98. The van der Waals surface area contributed by atoms with Crippen LogP contribution in [-0.4, -0.2) is 52.8 Å². The number of nitrogens with one attached hydrogen (secondary N) is 1. The van der Waals surface area contributed by atoms with E-state index in [9.17, 15) is 13.2 Å². The van der Waals surface area contributed by atoms with Crippen LogP contribution in [0.15, 0.2) is 47.4 Å². The van der Waals surface area contributed by atoms with Crippen LogP contribution in [0, 0.1) is 5.92 Å². The average Bonchev–Trinajstić information content (AvgIpc) is 3.27. The van der Waals surface area contributed by atoms with Crippen molar-refractivity contribution in [2.24, 2.45) is 5.92 Å². The van der Waals surface area contributed by atoms with Gasteiger partial charge in [-0.3, -0.25) is 4.79 Å². The van der Waals surface area contributed by atoms with E-state index in [-0.39, 0.29) is 29.5 Å². The Balaban J connectivity index is 1.40. The van der Waals surface area contributed by atoms with Gasteiger partial charge in [0.15, 0.2) is 0 Å². The van der Waals surface area contributed by atoms with Gasteiger partial charge in [0.05, 0.1) is 22.4 Å². The Morgan fingerprint density at radius 2 is 1.89 bits per heavy atom. The highest BCUT2D eigenvalue weighted by Gasteiger charge is 2.33. The van der Waals surface area contributed by atoms with Gasteiger partial charge in [-0.2, -0.15) is 4.31 Å². The van der Waals surface area contributed by atoms with Gasteiger partial charge in [-0.1, -0.05) is 17.3 Å². The van der Waals surface area contributed by atoms with Crippen LogP contribution in [0.3, 0.4) is 0 Å². The molecule has 1 aliphatic rings. The van der Waals surface area contributed by atoms with Crippen molar-refractivity contribution in [3.05, 3.63) is 48.0 Å². The fourth-order valence-corrected chi connectivity index (χ4v) is 5.82. The molecule has 0 aliphatic carbocycles. The number of nitrogens with zero attached hydrogens (tertiary/aromatic N) is 4. The summed E-state index contributed by atoms with van der Waals surface area (Å²) in [5.74, 6) is 0.253. The maximum atomic E-state index is 13.4. The second kappa shape index (κ2) is 10.3. The van der Waals surface area contributed by atoms with Crippen molar-refractivity contribution in [2.75, 3.05) is 13.1 Å². The van der Waals surface area contributed by atoms with Crippen molar-refractivity contribution in [1.29, 1.82) is 0 Å². The fraction of sp³-hybridized carbons (Fsp3) is 0.480. The zero-order valence-electron chi connectivity index (χ0n) is 20.6. The van der Waals surface area contributed by atoms with E-state index >= 15 is 0 Å². The van der Waals surface area contributed by atoms with Crippen LogP contribution in [0.2, 0.25) is 0 Å². The number of piperidine rings is 1. The number of aromatic nitrogens is 3. The molecule has 0 bridgehead atoms. The van der Waals surface area contributed by atoms with E-state index in [1.165, 1.54) is 4.31 Å². The third-order valence-electron chi connectivity index (χ3n) is 6.09. The van der Waals surface area contributed by atoms with Crippen LogP contribution in [0.1, 0.15) is 52.1 Å². The summed E-state index contributed by atoms with van der Waals surface area (Å²) >= 11 is 0. The maximum absolute atomic E-state index is 13.4. The second-order valence-corrected chi connectivity index (χ2v) is 11.4. The van der Waals surface area contributed by atoms with Gasteiger partial charge in [0.25, 0.3) is 0 Å². The predicted molar refractivity (Wildman–Crippen MR) is 133 cm³/mol. The predicted octanol–water partition coefficient (Wildman–Crippen LogP) is 3.52. The molecule has 1 aliphatic heterocycles. The molecule has 0 radical (unpaired) electrons. The van der Waals surface area contributed by atoms with E-state index < -0.39 is 15.9 Å². The summed E-state index contributed by atoms with van der Waals surface area (Å²) in [6.07, 6.45) is 1.38. The third kappa shape index (κ3) is 5.65. The number of fused-ring (bicyclic) bond motifs is 1. The Bertz CT molecular complexity index is 1280. The van der Waals surface area contributed by atoms with E-state index in [4.69, 9.17) is 4.74 Å². The van der Waals surface area contributed by atoms with Crippen molar-refractivity contribution in [3.63, 3.8) is 0 Å². The van der Waals surface area contributed by atoms with Gasteiger partial charge >= 0.3 is 0 Å². The lowest BCUT2D eigenvalue weighted by Crippen LogP contribution is -2.45. The summed E-state index contributed by atoms with van der Waals surface area (Å²) < 4.78 is 35.5. The first kappa shape index (κ1) is 25.1. The lowest BCUT2D eigenvalue weighted by Gasteiger charge is -2.31. The molecule has 1 unspecified atom stereocenters. The molecule has 4 rings (SSSR count). The van der Waals surface area contributed by atoms with Crippen LogP contribution < -0.4 is 10.1 Å². The number of carbonyl (C=O) groups excluding carboxylic acids is 1. The molecule has 2 heterocycles. The molecule has 0 saturated carbocycles. The van der Waals surface area contributed by atoms with Crippen LogP contribution in [0.25, 0.3) is 11.0 Å². The molecule has 35 heavy (non-hydrogen) atoms. The molecular formula is C25H33N5O4S. The number of sulfonamides is 1. The second-order valence-electron chi connectivity index (χ2n) is 9.51. The highest BCUT2D eigenvalue weighted by molar-refractivity contribution is 7.89. The number of benzene rings is 2. The van der Waals surface area contributed by atoms with Crippen LogP contribution in [-0.2, 0) is 21.4 Å². The van der Waals surface area contributed by atoms with Gasteiger partial charge in [0.1, 0.15) is 11.3 Å². The summed E-state index contributed by atoms with van der Waals surface area (Å²) in [4.78, 5) is 13.0. The monoisotopic (exact) mass is 499 g/mol. The van der Waals surface area contributed by atoms with Crippen LogP contribution >= 0.6 is 0 Å². The summed E-state index contributed by atoms with van der Waals surface area (Å²) in [6, 6.07) is 12.6. The smallest absolute Gasteiger partial charge is 0.243 e. The maximum Gasteiger partial charge on any atom is 0.243 e. The SMILES string of the molecule is CC(C)Oc1ccc(CNC(=O)C2CCCN(S(=O)(=O)c3ccc4c(c3)nnn4C(C)C)C2)cc1. The van der Waals surface area contributed by atoms with E-state index in [1.54, 1.807) is 22.9 Å². The van der Waals surface area contributed by atoms with E-state index in [1.807, 2.05) is 52.0 Å². The lowest BCUT2D eigenvalue weighted by atomic mass is 9.99. The Kier molecular flexibility index (Phi) is 7.42.